The Balaban J connectivity index is 1.38. The molecule has 8 heteroatoms. The molecule has 0 saturated heterocycles. The number of esters is 1. The molecule has 1 amide bonds. The van der Waals surface area contributed by atoms with E-state index in [1.807, 2.05) is 0 Å². The van der Waals surface area contributed by atoms with Crippen LogP contribution in [0.5, 0.6) is 17.2 Å². The minimum absolute atomic E-state index is 0.129. The van der Waals surface area contributed by atoms with Gasteiger partial charge in [-0.1, -0.05) is 23.7 Å². The molecule has 0 atom stereocenters. The lowest BCUT2D eigenvalue weighted by atomic mass is 10.2. The zero-order valence-electron chi connectivity index (χ0n) is 15.5. The SMILES string of the molecule is O=C(N/N=C/c1cccc(OC(=O)c2ccc3c(c2)OCO3)c1)c1ccc(Cl)cc1. The summed E-state index contributed by atoms with van der Waals surface area (Å²) in [4.78, 5) is 24.4. The molecule has 0 fully saturated rings. The summed E-state index contributed by atoms with van der Waals surface area (Å²) in [6, 6.07) is 18.0. The number of rotatable bonds is 5. The van der Waals surface area contributed by atoms with Gasteiger partial charge in [0, 0.05) is 10.6 Å². The summed E-state index contributed by atoms with van der Waals surface area (Å²) in [5, 5.41) is 4.47. The number of fused-ring (bicyclic) bond motifs is 1. The number of hydrogen-bond donors (Lipinski definition) is 1. The maximum Gasteiger partial charge on any atom is 0.343 e. The first kappa shape index (κ1) is 19.5. The fourth-order valence-corrected chi connectivity index (χ4v) is 2.81. The molecular weight excluding hydrogens is 408 g/mol. The van der Waals surface area contributed by atoms with Gasteiger partial charge in [-0.2, -0.15) is 5.10 Å². The number of ether oxygens (including phenoxy) is 3. The van der Waals surface area contributed by atoms with Crippen LogP contribution in [-0.2, 0) is 0 Å². The fourth-order valence-electron chi connectivity index (χ4n) is 2.68. The maximum atomic E-state index is 12.4. The minimum Gasteiger partial charge on any atom is -0.454 e. The number of hydrogen-bond acceptors (Lipinski definition) is 6. The zero-order valence-corrected chi connectivity index (χ0v) is 16.3. The van der Waals surface area contributed by atoms with E-state index in [4.69, 9.17) is 25.8 Å². The smallest absolute Gasteiger partial charge is 0.343 e. The van der Waals surface area contributed by atoms with Gasteiger partial charge in [0.25, 0.3) is 5.91 Å². The minimum atomic E-state index is -0.529. The molecule has 1 aliphatic rings. The summed E-state index contributed by atoms with van der Waals surface area (Å²) in [5.41, 5.74) is 3.85. The average molecular weight is 423 g/mol. The van der Waals surface area contributed by atoms with Crippen molar-refractivity contribution in [1.82, 2.24) is 5.43 Å². The third-order valence-corrected chi connectivity index (χ3v) is 4.42. The van der Waals surface area contributed by atoms with Crippen molar-refractivity contribution >= 4 is 29.7 Å². The first-order valence-electron chi connectivity index (χ1n) is 8.89. The lowest BCUT2D eigenvalue weighted by Gasteiger charge is -2.06. The second-order valence-corrected chi connectivity index (χ2v) is 6.67. The van der Waals surface area contributed by atoms with E-state index in [2.05, 4.69) is 10.5 Å². The van der Waals surface area contributed by atoms with E-state index < -0.39 is 5.97 Å². The molecule has 0 aromatic heterocycles. The molecule has 1 aliphatic heterocycles. The molecule has 30 heavy (non-hydrogen) atoms. The number of benzene rings is 3. The second-order valence-electron chi connectivity index (χ2n) is 6.24. The zero-order chi connectivity index (χ0) is 20.9. The van der Waals surface area contributed by atoms with Gasteiger partial charge in [-0.05, 0) is 60.2 Å². The predicted octanol–water partition coefficient (Wildman–Crippen LogP) is 4.05. The predicted molar refractivity (Wildman–Crippen MR) is 110 cm³/mol. The van der Waals surface area contributed by atoms with Crippen LogP contribution in [0.15, 0.2) is 71.8 Å². The van der Waals surface area contributed by atoms with Gasteiger partial charge in [-0.3, -0.25) is 4.79 Å². The molecule has 3 aromatic rings. The van der Waals surface area contributed by atoms with E-state index in [-0.39, 0.29) is 12.7 Å². The van der Waals surface area contributed by atoms with E-state index in [0.29, 0.717) is 39.0 Å². The van der Waals surface area contributed by atoms with E-state index in [0.717, 1.165) is 0 Å². The molecule has 0 bridgehead atoms. The second kappa shape index (κ2) is 8.67. The molecular formula is C22H15ClN2O5. The standard InChI is InChI=1S/C22H15ClN2O5/c23-17-7-4-15(5-8-17)21(26)25-24-12-14-2-1-3-18(10-14)30-22(27)16-6-9-19-20(11-16)29-13-28-19/h1-12H,13H2,(H,25,26)/b24-12+. The van der Waals surface area contributed by atoms with E-state index >= 15 is 0 Å². The molecule has 1 N–H and O–H groups in total. The van der Waals surface area contributed by atoms with Crippen LogP contribution in [0.3, 0.4) is 0 Å². The first-order valence-corrected chi connectivity index (χ1v) is 9.27. The molecule has 0 spiro atoms. The van der Waals surface area contributed by atoms with Crippen molar-refractivity contribution in [3.8, 4) is 17.2 Å². The Morgan fingerprint density at radius 3 is 2.57 bits per heavy atom. The highest BCUT2D eigenvalue weighted by molar-refractivity contribution is 6.30. The third kappa shape index (κ3) is 4.59. The van der Waals surface area contributed by atoms with Crippen LogP contribution < -0.4 is 19.6 Å². The Morgan fingerprint density at radius 1 is 0.967 bits per heavy atom. The van der Waals surface area contributed by atoms with E-state index in [1.54, 1.807) is 66.7 Å². The number of halogens is 1. The van der Waals surface area contributed by atoms with Gasteiger partial charge in [0.1, 0.15) is 5.75 Å². The molecule has 0 saturated carbocycles. The van der Waals surface area contributed by atoms with Gasteiger partial charge >= 0.3 is 5.97 Å². The first-order chi connectivity index (χ1) is 14.6. The summed E-state index contributed by atoms with van der Waals surface area (Å²) in [6.07, 6.45) is 1.45. The monoisotopic (exact) mass is 422 g/mol. The van der Waals surface area contributed by atoms with Gasteiger partial charge < -0.3 is 14.2 Å². The summed E-state index contributed by atoms with van der Waals surface area (Å²) in [6.45, 7) is 0.129. The highest BCUT2D eigenvalue weighted by atomic mass is 35.5. The molecule has 0 radical (unpaired) electrons. The number of carbonyl (C=O) groups is 2. The van der Waals surface area contributed by atoms with Crippen LogP contribution in [0.2, 0.25) is 5.02 Å². The molecule has 150 valence electrons. The van der Waals surface area contributed by atoms with Crippen LogP contribution in [-0.4, -0.2) is 24.9 Å². The molecule has 4 rings (SSSR count). The summed E-state index contributed by atoms with van der Waals surface area (Å²) >= 11 is 5.81. The Kier molecular flexibility index (Phi) is 5.63. The lowest BCUT2D eigenvalue weighted by Crippen LogP contribution is -2.17. The van der Waals surface area contributed by atoms with Crippen molar-refractivity contribution in [2.24, 2.45) is 5.10 Å². The van der Waals surface area contributed by atoms with Crippen LogP contribution in [0, 0.1) is 0 Å². The largest absolute Gasteiger partial charge is 0.454 e. The van der Waals surface area contributed by atoms with Crippen molar-refractivity contribution in [3.63, 3.8) is 0 Å². The van der Waals surface area contributed by atoms with Gasteiger partial charge in [0.15, 0.2) is 11.5 Å². The number of amides is 1. The van der Waals surface area contributed by atoms with E-state index in [1.165, 1.54) is 6.21 Å². The van der Waals surface area contributed by atoms with Crippen molar-refractivity contribution in [1.29, 1.82) is 0 Å². The van der Waals surface area contributed by atoms with Gasteiger partial charge in [-0.25, -0.2) is 10.2 Å². The highest BCUT2D eigenvalue weighted by Gasteiger charge is 2.17. The topological polar surface area (TPSA) is 86.2 Å². The normalized spacial score (nSPS) is 12.0. The maximum absolute atomic E-state index is 12.4. The van der Waals surface area contributed by atoms with Crippen LogP contribution >= 0.6 is 11.6 Å². The molecule has 7 nitrogen and oxygen atoms in total. The highest BCUT2D eigenvalue weighted by Crippen LogP contribution is 2.32. The molecule has 0 aliphatic carbocycles. The van der Waals surface area contributed by atoms with Crippen LogP contribution in [0.4, 0.5) is 0 Å². The van der Waals surface area contributed by atoms with Crippen LogP contribution in [0.25, 0.3) is 0 Å². The quantitative estimate of drug-likeness (QED) is 0.290. The summed E-state index contributed by atoms with van der Waals surface area (Å²) in [7, 11) is 0. The Morgan fingerprint density at radius 2 is 1.73 bits per heavy atom. The lowest BCUT2D eigenvalue weighted by molar-refractivity contribution is 0.0734. The Labute approximate surface area is 176 Å². The summed E-state index contributed by atoms with van der Waals surface area (Å²) < 4.78 is 15.9. The van der Waals surface area contributed by atoms with Gasteiger partial charge in [0.2, 0.25) is 6.79 Å². The number of hydrazone groups is 1. The Bertz CT molecular complexity index is 1130. The number of nitrogens with zero attached hydrogens (tertiary/aromatic N) is 1. The van der Waals surface area contributed by atoms with Crippen LogP contribution in [0.1, 0.15) is 26.3 Å². The molecule has 1 heterocycles. The fraction of sp³-hybridized carbons (Fsp3) is 0.0455. The number of carbonyl (C=O) groups excluding carboxylic acids is 2. The third-order valence-electron chi connectivity index (χ3n) is 4.16. The van der Waals surface area contributed by atoms with Crippen molar-refractivity contribution < 1.29 is 23.8 Å². The van der Waals surface area contributed by atoms with Gasteiger partial charge in [-0.15, -0.1) is 0 Å². The average Bonchev–Trinajstić information content (AvgIpc) is 3.22. The van der Waals surface area contributed by atoms with Gasteiger partial charge in [0.05, 0.1) is 11.8 Å². The Hall–Kier alpha value is -3.84. The van der Waals surface area contributed by atoms with Crippen molar-refractivity contribution in [2.75, 3.05) is 6.79 Å². The van der Waals surface area contributed by atoms with E-state index in [9.17, 15) is 9.59 Å². The van der Waals surface area contributed by atoms with Crippen molar-refractivity contribution in [3.05, 3.63) is 88.4 Å². The molecule has 0 unspecified atom stereocenters. The number of nitrogens with one attached hydrogen (secondary N) is 1. The summed E-state index contributed by atoms with van der Waals surface area (Å²) in [5.74, 6) is 0.532. The van der Waals surface area contributed by atoms with Crippen molar-refractivity contribution in [2.45, 2.75) is 0 Å². The molecule has 3 aromatic carbocycles.